The van der Waals surface area contributed by atoms with Crippen LogP contribution in [0.2, 0.25) is 0 Å². The van der Waals surface area contributed by atoms with E-state index in [-0.39, 0.29) is 17.1 Å². The average molecular weight is 457 g/mol. The van der Waals surface area contributed by atoms with Gasteiger partial charge >= 0.3 is 0 Å². The van der Waals surface area contributed by atoms with Crippen LogP contribution < -0.4 is 19.1 Å². The predicted molar refractivity (Wildman–Crippen MR) is 114 cm³/mol. The molecule has 1 N–H and O–H groups in total. The summed E-state index contributed by atoms with van der Waals surface area (Å²) in [5.74, 6) is -0.294. The van der Waals surface area contributed by atoms with Crippen LogP contribution in [0.3, 0.4) is 0 Å². The van der Waals surface area contributed by atoms with E-state index in [2.05, 4.69) is 10.3 Å². The second kappa shape index (κ2) is 9.23. The smallest absolute Gasteiger partial charge is 0.264 e. The average Bonchev–Trinajstić information content (AvgIpc) is 2.82. The molecule has 3 aromatic rings. The lowest BCUT2D eigenvalue weighted by Gasteiger charge is -2.25. The van der Waals surface area contributed by atoms with Gasteiger partial charge < -0.3 is 14.8 Å². The van der Waals surface area contributed by atoms with Crippen LogP contribution in [0.15, 0.2) is 71.9 Å². The van der Waals surface area contributed by atoms with E-state index in [0.717, 1.165) is 22.0 Å². The molecule has 10 heteroatoms. The second-order valence-corrected chi connectivity index (χ2v) is 8.79. The molecule has 4 rings (SSSR count). The van der Waals surface area contributed by atoms with Gasteiger partial charge in [0.15, 0.2) is 11.5 Å². The van der Waals surface area contributed by atoms with Crippen molar-refractivity contribution in [2.75, 3.05) is 24.1 Å². The molecule has 1 aliphatic heterocycles. The van der Waals surface area contributed by atoms with Gasteiger partial charge in [0, 0.05) is 25.0 Å². The summed E-state index contributed by atoms with van der Waals surface area (Å²) in [6.07, 6.45) is 3.19. The summed E-state index contributed by atoms with van der Waals surface area (Å²) < 4.78 is 52.2. The van der Waals surface area contributed by atoms with Gasteiger partial charge in [-0.05, 0) is 54.1 Å². The largest absolute Gasteiger partial charge is 0.486 e. The molecule has 0 radical (unpaired) electrons. The number of hydrogen-bond donors (Lipinski definition) is 1. The highest BCUT2D eigenvalue weighted by molar-refractivity contribution is 7.92. The monoisotopic (exact) mass is 457 g/mol. The Morgan fingerprint density at radius 1 is 1.00 bits per heavy atom. The molecule has 2 aromatic carbocycles. The van der Waals surface area contributed by atoms with Crippen LogP contribution in [-0.4, -0.2) is 39.1 Å². The van der Waals surface area contributed by atoms with Gasteiger partial charge in [-0.3, -0.25) is 14.1 Å². The van der Waals surface area contributed by atoms with Crippen molar-refractivity contribution in [3.8, 4) is 11.5 Å². The van der Waals surface area contributed by atoms with Gasteiger partial charge in [0.2, 0.25) is 5.91 Å². The summed E-state index contributed by atoms with van der Waals surface area (Å²) in [6, 6.07) is 12.6. The molecule has 0 bridgehead atoms. The Labute approximate surface area is 184 Å². The summed E-state index contributed by atoms with van der Waals surface area (Å²) in [5.41, 5.74) is 0.969. The fraction of sp³-hybridized carbons (Fsp3) is 0.182. The Morgan fingerprint density at radius 3 is 2.41 bits per heavy atom. The number of nitrogens with one attached hydrogen (secondary N) is 1. The first-order valence-corrected chi connectivity index (χ1v) is 11.2. The number of benzene rings is 2. The quantitative estimate of drug-likeness (QED) is 0.586. The predicted octanol–water partition coefficient (Wildman–Crippen LogP) is 2.50. The first-order chi connectivity index (χ1) is 15.4. The zero-order valence-electron chi connectivity index (χ0n) is 16.9. The Kier molecular flexibility index (Phi) is 6.22. The number of pyridine rings is 1. The van der Waals surface area contributed by atoms with Crippen molar-refractivity contribution in [2.45, 2.75) is 11.4 Å². The molecule has 2 heterocycles. The number of fused-ring (bicyclic) bond motifs is 1. The lowest BCUT2D eigenvalue weighted by Crippen LogP contribution is -2.40. The van der Waals surface area contributed by atoms with E-state index in [4.69, 9.17) is 9.47 Å². The number of nitrogens with zero attached hydrogens (tertiary/aromatic N) is 2. The van der Waals surface area contributed by atoms with E-state index < -0.39 is 28.3 Å². The van der Waals surface area contributed by atoms with Gasteiger partial charge in [0.1, 0.15) is 25.6 Å². The van der Waals surface area contributed by atoms with E-state index in [1.807, 2.05) is 0 Å². The number of anilines is 1. The summed E-state index contributed by atoms with van der Waals surface area (Å²) in [4.78, 5) is 16.5. The fourth-order valence-electron chi connectivity index (χ4n) is 3.12. The van der Waals surface area contributed by atoms with Gasteiger partial charge in [-0.15, -0.1) is 0 Å². The third-order valence-corrected chi connectivity index (χ3v) is 6.51. The van der Waals surface area contributed by atoms with E-state index in [0.29, 0.717) is 24.7 Å². The number of carbonyl (C=O) groups excluding carboxylic acids is 1. The first kappa shape index (κ1) is 21.6. The zero-order valence-corrected chi connectivity index (χ0v) is 17.7. The molecule has 1 aromatic heterocycles. The van der Waals surface area contributed by atoms with Crippen molar-refractivity contribution >= 4 is 21.6 Å². The molecule has 1 amide bonds. The minimum atomic E-state index is -4.17. The standard InChI is InChI=1S/C22H20FN3O5S/c23-17-1-3-18(4-2-17)26(15-22(27)25-14-16-7-9-24-10-8-16)32(28,29)19-5-6-20-21(13-19)31-12-11-30-20/h1-10,13H,11-12,14-15H2,(H,25,27). The molecule has 0 spiro atoms. The molecule has 32 heavy (non-hydrogen) atoms. The van der Waals surface area contributed by atoms with Gasteiger partial charge in [-0.2, -0.15) is 0 Å². The minimum absolute atomic E-state index is 0.0759. The minimum Gasteiger partial charge on any atom is -0.486 e. The van der Waals surface area contributed by atoms with Crippen molar-refractivity contribution in [3.05, 3.63) is 78.4 Å². The number of ether oxygens (including phenoxy) is 2. The number of amides is 1. The highest BCUT2D eigenvalue weighted by Gasteiger charge is 2.29. The molecular weight excluding hydrogens is 437 g/mol. The summed E-state index contributed by atoms with van der Waals surface area (Å²) in [7, 11) is -4.17. The number of aromatic nitrogens is 1. The van der Waals surface area contributed by atoms with Gasteiger partial charge in [0.05, 0.1) is 10.6 Å². The lowest BCUT2D eigenvalue weighted by molar-refractivity contribution is -0.119. The van der Waals surface area contributed by atoms with Crippen molar-refractivity contribution < 1.29 is 27.1 Å². The Balaban J connectivity index is 1.61. The molecule has 8 nitrogen and oxygen atoms in total. The number of sulfonamides is 1. The van der Waals surface area contributed by atoms with Crippen LogP contribution in [0.25, 0.3) is 0 Å². The van der Waals surface area contributed by atoms with Crippen LogP contribution >= 0.6 is 0 Å². The second-order valence-electron chi connectivity index (χ2n) is 6.93. The van der Waals surface area contributed by atoms with Crippen LogP contribution in [-0.2, 0) is 21.4 Å². The number of hydrogen-bond acceptors (Lipinski definition) is 6. The van der Waals surface area contributed by atoms with Gasteiger partial charge in [-0.1, -0.05) is 0 Å². The molecule has 1 aliphatic rings. The van der Waals surface area contributed by atoms with E-state index in [1.54, 1.807) is 24.5 Å². The van der Waals surface area contributed by atoms with Crippen LogP contribution in [0, 0.1) is 5.82 Å². The molecule has 166 valence electrons. The summed E-state index contributed by atoms with van der Waals surface area (Å²) in [6.45, 7) is 0.393. The summed E-state index contributed by atoms with van der Waals surface area (Å²) >= 11 is 0. The molecule has 0 aliphatic carbocycles. The van der Waals surface area contributed by atoms with Crippen molar-refractivity contribution in [1.82, 2.24) is 10.3 Å². The maximum atomic E-state index is 13.5. The Morgan fingerprint density at radius 2 is 1.69 bits per heavy atom. The molecule has 0 fully saturated rings. The molecule has 0 atom stereocenters. The van der Waals surface area contributed by atoms with Crippen molar-refractivity contribution in [3.63, 3.8) is 0 Å². The van der Waals surface area contributed by atoms with Gasteiger partial charge in [0.25, 0.3) is 10.0 Å². The number of carbonyl (C=O) groups is 1. The summed E-state index contributed by atoms with van der Waals surface area (Å²) in [5, 5.41) is 2.69. The van der Waals surface area contributed by atoms with Crippen LogP contribution in [0.5, 0.6) is 11.5 Å². The lowest BCUT2D eigenvalue weighted by atomic mass is 10.2. The van der Waals surface area contributed by atoms with Crippen molar-refractivity contribution in [2.24, 2.45) is 0 Å². The normalized spacial score (nSPS) is 12.8. The molecule has 0 saturated heterocycles. The SMILES string of the molecule is O=C(CN(c1ccc(F)cc1)S(=O)(=O)c1ccc2c(c1)OCCO2)NCc1ccncc1. The number of halogens is 1. The maximum absolute atomic E-state index is 13.5. The van der Waals surface area contributed by atoms with Crippen molar-refractivity contribution in [1.29, 1.82) is 0 Å². The van der Waals surface area contributed by atoms with E-state index >= 15 is 0 Å². The van der Waals surface area contributed by atoms with E-state index in [1.165, 1.54) is 30.3 Å². The van der Waals surface area contributed by atoms with Gasteiger partial charge in [-0.25, -0.2) is 12.8 Å². The highest BCUT2D eigenvalue weighted by atomic mass is 32.2. The van der Waals surface area contributed by atoms with E-state index in [9.17, 15) is 17.6 Å². The molecule has 0 saturated carbocycles. The third kappa shape index (κ3) is 4.80. The topological polar surface area (TPSA) is 97.8 Å². The highest BCUT2D eigenvalue weighted by Crippen LogP contribution is 2.34. The number of rotatable bonds is 7. The molecular formula is C22H20FN3O5S. The van der Waals surface area contributed by atoms with Crippen LogP contribution in [0.1, 0.15) is 5.56 Å². The third-order valence-electron chi connectivity index (χ3n) is 4.74. The van der Waals surface area contributed by atoms with Crippen LogP contribution in [0.4, 0.5) is 10.1 Å². The first-order valence-electron chi connectivity index (χ1n) is 9.77. The maximum Gasteiger partial charge on any atom is 0.264 e. The zero-order chi connectivity index (χ0) is 22.6. The fourth-order valence-corrected chi connectivity index (χ4v) is 4.56. The molecule has 0 unspecified atom stereocenters. The Bertz CT molecular complexity index is 1200. The Hall–Kier alpha value is -3.66.